The second-order valence-corrected chi connectivity index (χ2v) is 9.46. The van der Waals surface area contributed by atoms with Crippen molar-refractivity contribution in [2.75, 3.05) is 58.3 Å². The van der Waals surface area contributed by atoms with Gasteiger partial charge < -0.3 is 19.5 Å². The zero-order valence-electron chi connectivity index (χ0n) is 19.9. The van der Waals surface area contributed by atoms with E-state index < -0.39 is 11.5 Å². The molecular weight excluding hydrogens is 428 g/mol. The Morgan fingerprint density at radius 3 is 2.65 bits per heavy atom. The van der Waals surface area contributed by atoms with Crippen LogP contribution in [0, 0.1) is 0 Å². The van der Waals surface area contributed by atoms with Crippen molar-refractivity contribution < 1.29 is 9.21 Å². The number of fused-ring (bicyclic) bond motifs is 2. The van der Waals surface area contributed by atoms with Crippen LogP contribution in [-0.2, 0) is 6.42 Å². The smallest absolute Gasteiger partial charge is 0.349 e. The van der Waals surface area contributed by atoms with Gasteiger partial charge in [0.15, 0.2) is 0 Å². The van der Waals surface area contributed by atoms with Crippen molar-refractivity contribution in [1.82, 2.24) is 15.1 Å². The highest BCUT2D eigenvalue weighted by Gasteiger charge is 2.26. The summed E-state index contributed by atoms with van der Waals surface area (Å²) in [6.45, 7) is 5.37. The SMILES string of the molecule is CN1CCN([C@H](CNC(=O)c2cc3ccccc3oc2=O)c2ccc3c(c2)CCCN3C)CC1. The number of para-hydroxylation sites is 1. The lowest BCUT2D eigenvalue weighted by Gasteiger charge is -2.39. The van der Waals surface area contributed by atoms with Crippen LogP contribution in [0.4, 0.5) is 5.69 Å². The van der Waals surface area contributed by atoms with Gasteiger partial charge in [-0.15, -0.1) is 0 Å². The second-order valence-electron chi connectivity index (χ2n) is 9.46. The average molecular weight is 461 g/mol. The van der Waals surface area contributed by atoms with Gasteiger partial charge in [0.05, 0.1) is 6.04 Å². The molecule has 34 heavy (non-hydrogen) atoms. The Kier molecular flexibility index (Phi) is 6.39. The Morgan fingerprint density at radius 1 is 1.03 bits per heavy atom. The molecule has 7 heteroatoms. The summed E-state index contributed by atoms with van der Waals surface area (Å²) in [7, 11) is 4.28. The first-order valence-electron chi connectivity index (χ1n) is 12.1. The number of benzene rings is 2. The Balaban J connectivity index is 1.40. The van der Waals surface area contributed by atoms with Gasteiger partial charge in [-0.2, -0.15) is 0 Å². The van der Waals surface area contributed by atoms with Gasteiger partial charge in [0.25, 0.3) is 5.91 Å². The number of anilines is 1. The largest absolute Gasteiger partial charge is 0.422 e. The summed E-state index contributed by atoms with van der Waals surface area (Å²) < 4.78 is 5.37. The standard InChI is InChI=1S/C27H32N4O3/c1-29-12-14-31(15-13-29)24(20-9-10-23-19(16-20)7-5-11-30(23)2)18-28-26(32)22-17-21-6-3-4-8-25(21)34-27(22)33/h3-4,6,8-10,16-17,24H,5,7,11-15,18H2,1-2H3,(H,28,32)/t24-/m1/s1. The van der Waals surface area contributed by atoms with Crippen LogP contribution in [-0.4, -0.2) is 69.1 Å². The molecule has 1 atom stereocenters. The number of hydrogen-bond donors (Lipinski definition) is 1. The van der Waals surface area contributed by atoms with Crippen LogP contribution in [0.1, 0.15) is 33.9 Å². The summed E-state index contributed by atoms with van der Waals surface area (Å²) in [5, 5.41) is 3.77. The Hall–Kier alpha value is -3.16. The molecule has 178 valence electrons. The molecule has 1 N–H and O–H groups in total. The summed E-state index contributed by atoms with van der Waals surface area (Å²) >= 11 is 0. The summed E-state index contributed by atoms with van der Waals surface area (Å²) in [6.07, 6.45) is 2.23. The summed E-state index contributed by atoms with van der Waals surface area (Å²) in [5.74, 6) is -0.392. The lowest BCUT2D eigenvalue weighted by molar-refractivity contribution is 0.0883. The molecule has 1 aromatic heterocycles. The Bertz CT molecular complexity index is 1250. The van der Waals surface area contributed by atoms with Crippen LogP contribution in [0.15, 0.2) is 57.7 Å². The predicted molar refractivity (Wildman–Crippen MR) is 135 cm³/mol. The molecule has 2 aliphatic heterocycles. The third-order valence-electron chi connectivity index (χ3n) is 7.16. The van der Waals surface area contributed by atoms with E-state index in [0.29, 0.717) is 12.1 Å². The minimum atomic E-state index is -0.607. The van der Waals surface area contributed by atoms with Gasteiger partial charge >= 0.3 is 5.63 Å². The lowest BCUT2D eigenvalue weighted by atomic mass is 9.95. The van der Waals surface area contributed by atoms with Gasteiger partial charge in [-0.05, 0) is 49.2 Å². The fraction of sp³-hybridized carbons (Fsp3) is 0.407. The molecule has 0 aliphatic carbocycles. The van der Waals surface area contributed by atoms with Crippen molar-refractivity contribution in [3.05, 3.63) is 75.6 Å². The number of amides is 1. The number of nitrogens with zero attached hydrogens (tertiary/aromatic N) is 3. The van der Waals surface area contributed by atoms with E-state index in [4.69, 9.17) is 4.42 Å². The molecule has 1 saturated heterocycles. The highest BCUT2D eigenvalue weighted by atomic mass is 16.4. The first-order chi connectivity index (χ1) is 16.5. The van der Waals surface area contributed by atoms with Gasteiger partial charge in [0.2, 0.25) is 0 Å². The Labute approximate surface area is 199 Å². The van der Waals surface area contributed by atoms with Gasteiger partial charge in [-0.25, -0.2) is 4.79 Å². The van der Waals surface area contributed by atoms with E-state index in [-0.39, 0.29) is 11.6 Å². The van der Waals surface area contributed by atoms with E-state index >= 15 is 0 Å². The first-order valence-corrected chi connectivity index (χ1v) is 12.1. The van der Waals surface area contributed by atoms with E-state index in [9.17, 15) is 9.59 Å². The van der Waals surface area contributed by atoms with Crippen molar-refractivity contribution in [2.45, 2.75) is 18.9 Å². The molecule has 7 nitrogen and oxygen atoms in total. The number of carbonyl (C=O) groups is 1. The normalized spacial score (nSPS) is 18.0. The summed E-state index contributed by atoms with van der Waals surface area (Å²) in [4.78, 5) is 32.6. The van der Waals surface area contributed by atoms with Crippen molar-refractivity contribution in [3.8, 4) is 0 Å². The molecule has 3 heterocycles. The number of carbonyl (C=O) groups excluding carboxylic acids is 1. The molecular formula is C27H32N4O3. The molecule has 2 aromatic carbocycles. The molecule has 5 rings (SSSR count). The van der Waals surface area contributed by atoms with Gasteiger partial charge in [-0.1, -0.05) is 30.3 Å². The van der Waals surface area contributed by atoms with E-state index in [2.05, 4.69) is 52.3 Å². The topological polar surface area (TPSA) is 69.0 Å². The van der Waals surface area contributed by atoms with Crippen LogP contribution in [0.2, 0.25) is 0 Å². The van der Waals surface area contributed by atoms with E-state index in [1.165, 1.54) is 16.8 Å². The molecule has 0 bridgehead atoms. The zero-order valence-corrected chi connectivity index (χ0v) is 19.9. The number of rotatable bonds is 5. The Morgan fingerprint density at radius 2 is 1.82 bits per heavy atom. The summed E-state index contributed by atoms with van der Waals surface area (Å²) in [5.41, 5.74) is 3.80. The molecule has 2 aliphatic rings. The minimum Gasteiger partial charge on any atom is -0.422 e. The number of aryl methyl sites for hydroxylation is 1. The minimum absolute atomic E-state index is 0.0441. The third kappa shape index (κ3) is 4.58. The van der Waals surface area contributed by atoms with Gasteiger partial charge in [0, 0.05) is 57.4 Å². The lowest BCUT2D eigenvalue weighted by Crippen LogP contribution is -2.48. The van der Waals surface area contributed by atoms with E-state index in [0.717, 1.165) is 51.0 Å². The molecule has 0 spiro atoms. The predicted octanol–water partition coefficient (Wildman–Crippen LogP) is 2.89. The number of hydrogen-bond acceptors (Lipinski definition) is 6. The number of nitrogens with one attached hydrogen (secondary N) is 1. The van der Waals surface area contributed by atoms with Crippen molar-refractivity contribution in [2.24, 2.45) is 0 Å². The van der Waals surface area contributed by atoms with Crippen LogP contribution in [0.5, 0.6) is 0 Å². The molecule has 0 radical (unpaired) electrons. The molecule has 1 fully saturated rings. The van der Waals surface area contributed by atoms with Gasteiger partial charge in [0.1, 0.15) is 11.1 Å². The average Bonchev–Trinajstić information content (AvgIpc) is 2.84. The number of likely N-dealkylation sites (N-methyl/N-ethyl adjacent to an activating group) is 1. The monoisotopic (exact) mass is 460 g/mol. The van der Waals surface area contributed by atoms with Crippen LogP contribution in [0.25, 0.3) is 11.0 Å². The van der Waals surface area contributed by atoms with E-state index in [1.807, 2.05) is 18.2 Å². The zero-order chi connectivity index (χ0) is 23.7. The van der Waals surface area contributed by atoms with Gasteiger partial charge in [-0.3, -0.25) is 9.69 Å². The van der Waals surface area contributed by atoms with E-state index in [1.54, 1.807) is 12.1 Å². The second kappa shape index (κ2) is 9.60. The third-order valence-corrected chi connectivity index (χ3v) is 7.16. The molecule has 0 saturated carbocycles. The van der Waals surface area contributed by atoms with Crippen LogP contribution >= 0.6 is 0 Å². The van der Waals surface area contributed by atoms with Crippen LogP contribution < -0.4 is 15.8 Å². The van der Waals surface area contributed by atoms with Crippen molar-refractivity contribution in [3.63, 3.8) is 0 Å². The fourth-order valence-electron chi connectivity index (χ4n) is 5.11. The maximum absolute atomic E-state index is 13.1. The van der Waals surface area contributed by atoms with Crippen molar-refractivity contribution in [1.29, 1.82) is 0 Å². The fourth-order valence-corrected chi connectivity index (χ4v) is 5.11. The van der Waals surface area contributed by atoms with Crippen LogP contribution in [0.3, 0.4) is 0 Å². The molecule has 0 unspecified atom stereocenters. The number of piperazine rings is 1. The summed E-state index contributed by atoms with van der Waals surface area (Å²) in [6, 6.07) is 15.6. The first kappa shape index (κ1) is 22.6. The highest BCUT2D eigenvalue weighted by molar-refractivity contribution is 5.96. The molecule has 1 amide bonds. The highest BCUT2D eigenvalue weighted by Crippen LogP contribution is 2.31. The molecule has 3 aromatic rings. The quantitative estimate of drug-likeness (QED) is 0.591. The van der Waals surface area contributed by atoms with Crippen molar-refractivity contribution >= 4 is 22.6 Å². The maximum atomic E-state index is 13.1. The maximum Gasteiger partial charge on any atom is 0.349 e.